The first kappa shape index (κ1) is 26.3. The zero-order valence-electron chi connectivity index (χ0n) is 20.5. The maximum atomic E-state index is 14.6. The van der Waals surface area contributed by atoms with Crippen LogP contribution in [0.4, 0.5) is 10.1 Å². The zero-order chi connectivity index (χ0) is 27.2. The number of benzene rings is 3. The van der Waals surface area contributed by atoms with Crippen molar-refractivity contribution >= 4 is 11.6 Å². The van der Waals surface area contributed by atoms with E-state index in [1.54, 1.807) is 55.5 Å². The summed E-state index contributed by atoms with van der Waals surface area (Å²) in [7, 11) is 0. The number of H-pyrrole nitrogens is 1. The standard InChI is InChI=1S/C29H26FN3O5/c1-3-19-9-14-24(23(30)17-19)31-27(35)26(18(2)20-7-5-4-6-8-20)33-28(36)25(32-29(33)37)21-10-12-22(13-11-21)38-16-15-34/h1,4-14,17-18,26,34,36H,15-16H2,2H3,(H,31,35)(H,32,37)/t18-,26?/m0/s1. The highest BCUT2D eigenvalue weighted by molar-refractivity contribution is 5.95. The number of nitrogens with one attached hydrogen (secondary N) is 2. The van der Waals surface area contributed by atoms with Crippen molar-refractivity contribution in [3.63, 3.8) is 0 Å². The monoisotopic (exact) mass is 515 g/mol. The maximum Gasteiger partial charge on any atom is 0.329 e. The lowest BCUT2D eigenvalue weighted by atomic mass is 9.92. The van der Waals surface area contributed by atoms with Gasteiger partial charge in [0.25, 0.3) is 0 Å². The number of carbonyl (C=O) groups excluding carboxylic acids is 1. The molecule has 9 heteroatoms. The van der Waals surface area contributed by atoms with Crippen LogP contribution in [0.1, 0.15) is 30.0 Å². The quantitative estimate of drug-likeness (QED) is 0.251. The topological polar surface area (TPSA) is 117 Å². The molecule has 0 fully saturated rings. The van der Waals surface area contributed by atoms with Crippen molar-refractivity contribution < 1.29 is 24.1 Å². The van der Waals surface area contributed by atoms with Crippen LogP contribution >= 0.6 is 0 Å². The molecule has 0 saturated carbocycles. The van der Waals surface area contributed by atoms with Gasteiger partial charge in [0.15, 0.2) is 0 Å². The lowest BCUT2D eigenvalue weighted by Crippen LogP contribution is -2.35. The molecule has 1 heterocycles. The van der Waals surface area contributed by atoms with Crippen molar-refractivity contribution in [2.75, 3.05) is 18.5 Å². The van der Waals surface area contributed by atoms with E-state index in [1.165, 1.54) is 12.1 Å². The third-order valence-corrected chi connectivity index (χ3v) is 6.14. The van der Waals surface area contributed by atoms with Gasteiger partial charge in [0, 0.05) is 17.0 Å². The van der Waals surface area contributed by atoms with Gasteiger partial charge in [0.1, 0.15) is 29.9 Å². The van der Waals surface area contributed by atoms with Crippen LogP contribution in [0.2, 0.25) is 0 Å². The summed E-state index contributed by atoms with van der Waals surface area (Å²) < 4.78 is 20.9. The first-order valence-corrected chi connectivity index (χ1v) is 11.8. The Bertz CT molecular complexity index is 1520. The molecule has 0 saturated heterocycles. The van der Waals surface area contributed by atoms with Crippen molar-refractivity contribution in [3.05, 3.63) is 100 Å². The second-order valence-electron chi connectivity index (χ2n) is 8.57. The van der Waals surface area contributed by atoms with E-state index >= 15 is 0 Å². The fourth-order valence-electron chi connectivity index (χ4n) is 4.20. The number of aliphatic hydroxyl groups excluding tert-OH is 1. The summed E-state index contributed by atoms with van der Waals surface area (Å²) in [6.45, 7) is 1.72. The molecule has 1 amide bonds. The van der Waals surface area contributed by atoms with Gasteiger partial charge < -0.3 is 25.3 Å². The molecule has 1 aromatic heterocycles. The highest BCUT2D eigenvalue weighted by Crippen LogP contribution is 2.35. The smallest absolute Gasteiger partial charge is 0.329 e. The molecule has 0 radical (unpaired) electrons. The average molecular weight is 516 g/mol. The van der Waals surface area contributed by atoms with Crippen LogP contribution in [-0.2, 0) is 4.79 Å². The predicted octanol–water partition coefficient (Wildman–Crippen LogP) is 4.02. The van der Waals surface area contributed by atoms with Crippen LogP contribution in [0, 0.1) is 18.2 Å². The number of aliphatic hydroxyl groups is 1. The first-order chi connectivity index (χ1) is 18.3. The lowest BCUT2D eigenvalue weighted by molar-refractivity contribution is -0.120. The number of ether oxygens (including phenoxy) is 1. The summed E-state index contributed by atoms with van der Waals surface area (Å²) in [5.41, 5.74) is 0.788. The van der Waals surface area contributed by atoms with Crippen LogP contribution in [0.5, 0.6) is 11.6 Å². The van der Waals surface area contributed by atoms with Crippen LogP contribution in [0.15, 0.2) is 77.6 Å². The molecule has 3 aromatic carbocycles. The molecule has 0 aliphatic rings. The molecule has 0 spiro atoms. The summed E-state index contributed by atoms with van der Waals surface area (Å²) in [6.07, 6.45) is 5.32. The number of amides is 1. The van der Waals surface area contributed by atoms with E-state index in [0.717, 1.165) is 16.2 Å². The van der Waals surface area contributed by atoms with Gasteiger partial charge in [-0.3, -0.25) is 4.79 Å². The van der Waals surface area contributed by atoms with Crippen molar-refractivity contribution in [2.24, 2.45) is 0 Å². The van der Waals surface area contributed by atoms with Gasteiger partial charge in [-0.2, -0.15) is 0 Å². The molecular weight excluding hydrogens is 489 g/mol. The largest absolute Gasteiger partial charge is 0.493 e. The Balaban J connectivity index is 1.75. The minimum atomic E-state index is -1.24. The van der Waals surface area contributed by atoms with Crippen molar-refractivity contribution in [3.8, 4) is 35.2 Å². The van der Waals surface area contributed by atoms with E-state index < -0.39 is 35.3 Å². The first-order valence-electron chi connectivity index (χ1n) is 11.8. The summed E-state index contributed by atoms with van der Waals surface area (Å²) in [4.78, 5) is 29.4. The Morgan fingerprint density at radius 1 is 1.16 bits per heavy atom. The molecule has 1 unspecified atom stereocenters. The number of nitrogens with zero attached hydrogens (tertiary/aromatic N) is 1. The zero-order valence-corrected chi connectivity index (χ0v) is 20.5. The minimum absolute atomic E-state index is 0.103. The number of imidazole rings is 1. The maximum absolute atomic E-state index is 14.6. The van der Waals surface area contributed by atoms with Crippen LogP contribution in [0.3, 0.4) is 0 Å². The molecule has 0 aliphatic heterocycles. The SMILES string of the molecule is C#Cc1ccc(NC(=O)C([C@@H](C)c2ccccc2)n2c(O)c(-c3ccc(OCCO)cc3)[nH]c2=O)c(F)c1. The van der Waals surface area contributed by atoms with Crippen molar-refractivity contribution in [1.82, 2.24) is 9.55 Å². The summed E-state index contributed by atoms with van der Waals surface area (Å²) >= 11 is 0. The van der Waals surface area contributed by atoms with Gasteiger partial charge in [-0.15, -0.1) is 6.42 Å². The molecule has 4 rings (SSSR count). The second kappa shape index (κ2) is 11.5. The number of aromatic hydroxyl groups is 1. The Morgan fingerprint density at radius 2 is 1.87 bits per heavy atom. The van der Waals surface area contributed by atoms with E-state index in [0.29, 0.717) is 16.9 Å². The van der Waals surface area contributed by atoms with Crippen molar-refractivity contribution in [1.29, 1.82) is 0 Å². The number of terminal acetylenes is 1. The van der Waals surface area contributed by atoms with Gasteiger partial charge in [-0.25, -0.2) is 13.8 Å². The number of halogens is 1. The third kappa shape index (κ3) is 5.45. The molecule has 0 bridgehead atoms. The van der Waals surface area contributed by atoms with Crippen molar-refractivity contribution in [2.45, 2.75) is 18.9 Å². The second-order valence-corrected chi connectivity index (χ2v) is 8.57. The Hall–Kier alpha value is -4.81. The van der Waals surface area contributed by atoms with Crippen LogP contribution in [-0.4, -0.2) is 38.9 Å². The number of hydrogen-bond acceptors (Lipinski definition) is 5. The van der Waals surface area contributed by atoms with Crippen LogP contribution < -0.4 is 15.7 Å². The lowest BCUT2D eigenvalue weighted by Gasteiger charge is -2.25. The third-order valence-electron chi connectivity index (χ3n) is 6.14. The summed E-state index contributed by atoms with van der Waals surface area (Å²) in [6, 6.07) is 18.2. The number of aromatic amines is 1. The molecule has 4 aromatic rings. The van der Waals surface area contributed by atoms with E-state index in [4.69, 9.17) is 16.3 Å². The van der Waals surface area contributed by atoms with Gasteiger partial charge in [-0.1, -0.05) is 43.2 Å². The van der Waals surface area contributed by atoms with Crippen LogP contribution in [0.25, 0.3) is 11.3 Å². The molecule has 38 heavy (non-hydrogen) atoms. The molecule has 8 nitrogen and oxygen atoms in total. The van der Waals surface area contributed by atoms with E-state index in [2.05, 4.69) is 16.2 Å². The number of hydrogen-bond donors (Lipinski definition) is 4. The molecule has 2 atom stereocenters. The Kier molecular flexibility index (Phi) is 7.94. The van der Waals surface area contributed by atoms with Gasteiger partial charge in [-0.05, 0) is 48.0 Å². The Labute approximate surface area is 218 Å². The summed E-state index contributed by atoms with van der Waals surface area (Å²) in [5.74, 6) is 0.349. The highest BCUT2D eigenvalue weighted by atomic mass is 19.1. The molecule has 0 aliphatic carbocycles. The normalized spacial score (nSPS) is 12.4. The van der Waals surface area contributed by atoms with Gasteiger partial charge in [0.05, 0.1) is 12.3 Å². The van der Waals surface area contributed by atoms with Gasteiger partial charge >= 0.3 is 5.69 Å². The number of carbonyl (C=O) groups is 1. The summed E-state index contributed by atoms with van der Waals surface area (Å²) in [5, 5.41) is 22.6. The van der Waals surface area contributed by atoms with Gasteiger partial charge in [0.2, 0.25) is 11.8 Å². The molecular formula is C29H26FN3O5. The molecule has 194 valence electrons. The predicted molar refractivity (Wildman–Crippen MR) is 142 cm³/mol. The average Bonchev–Trinajstić information content (AvgIpc) is 3.22. The number of aromatic nitrogens is 2. The van der Waals surface area contributed by atoms with E-state index in [1.807, 2.05) is 6.07 Å². The minimum Gasteiger partial charge on any atom is -0.493 e. The highest BCUT2D eigenvalue weighted by Gasteiger charge is 2.33. The number of rotatable bonds is 9. The molecule has 4 N–H and O–H groups in total. The number of anilines is 1. The Morgan fingerprint density at radius 3 is 2.50 bits per heavy atom. The fourth-order valence-corrected chi connectivity index (χ4v) is 4.20. The fraction of sp³-hybridized carbons (Fsp3) is 0.172. The van der Waals surface area contributed by atoms with E-state index in [9.17, 15) is 19.1 Å². The van der Waals surface area contributed by atoms with E-state index in [-0.39, 0.29) is 24.6 Å².